The van der Waals surface area contributed by atoms with Crippen LogP contribution in [0.1, 0.15) is 57.6 Å². The zero-order valence-corrected chi connectivity index (χ0v) is 20.3. The second-order valence-corrected chi connectivity index (χ2v) is 8.90. The molecule has 2 aromatic rings. The summed E-state index contributed by atoms with van der Waals surface area (Å²) >= 11 is 0. The quantitative estimate of drug-likeness (QED) is 0.531. The number of nitrogens with one attached hydrogen (secondary N) is 1. The molecule has 0 aromatic heterocycles. The van der Waals surface area contributed by atoms with Gasteiger partial charge in [0.25, 0.3) is 0 Å². The second kappa shape index (κ2) is 11.2. The van der Waals surface area contributed by atoms with Crippen molar-refractivity contribution >= 4 is 18.0 Å². The molecule has 0 bridgehead atoms. The van der Waals surface area contributed by atoms with Gasteiger partial charge in [-0.3, -0.25) is 9.59 Å². The summed E-state index contributed by atoms with van der Waals surface area (Å²) in [5, 5.41) is 11.9. The van der Waals surface area contributed by atoms with E-state index in [9.17, 15) is 14.4 Å². The third kappa shape index (κ3) is 5.41. The second-order valence-electron chi connectivity index (χ2n) is 8.90. The number of carboxylic acid groups (broad SMARTS) is 1. The van der Waals surface area contributed by atoms with Crippen LogP contribution in [0.4, 0.5) is 4.79 Å². The van der Waals surface area contributed by atoms with Gasteiger partial charge in [-0.05, 0) is 42.0 Å². The van der Waals surface area contributed by atoms with E-state index in [-0.39, 0.29) is 30.8 Å². The monoisotopic (exact) mass is 466 g/mol. The number of hydrogen-bond acceptors (Lipinski definition) is 4. The number of fused-ring (bicyclic) bond motifs is 3. The molecule has 0 fully saturated rings. The summed E-state index contributed by atoms with van der Waals surface area (Å²) < 4.78 is 5.64. The Morgan fingerprint density at radius 2 is 1.56 bits per heavy atom. The average molecular weight is 467 g/mol. The molecule has 34 heavy (non-hydrogen) atoms. The Morgan fingerprint density at radius 3 is 2.06 bits per heavy atom. The van der Waals surface area contributed by atoms with Gasteiger partial charge in [0.05, 0.1) is 6.42 Å². The van der Waals surface area contributed by atoms with Crippen LogP contribution in [0, 0.1) is 5.92 Å². The Kier molecular flexibility index (Phi) is 8.31. The number of aliphatic carboxylic acids is 1. The van der Waals surface area contributed by atoms with Gasteiger partial charge in [0, 0.05) is 18.5 Å². The molecule has 1 aliphatic rings. The standard InChI is InChI=1S/C27H34N2O5/c1-5-17(3)25(26(32)29(6-2)18(4)15-24(30)31)28-27(33)34-16-23-21-13-9-7-11-19(21)20-12-8-10-14-22(20)23/h7-14,17-18,23,25H,5-6,15-16H2,1-4H3,(H,28,33)(H,30,31)/t17?,18?,25-/m0/s1. The predicted octanol–water partition coefficient (Wildman–Crippen LogP) is 4.65. The minimum Gasteiger partial charge on any atom is -0.481 e. The van der Waals surface area contributed by atoms with Crippen molar-refractivity contribution in [3.05, 3.63) is 59.7 Å². The van der Waals surface area contributed by atoms with E-state index < -0.39 is 24.1 Å². The number of nitrogens with zero attached hydrogens (tertiary/aromatic N) is 1. The summed E-state index contributed by atoms with van der Waals surface area (Å²) in [4.78, 5) is 38.8. The van der Waals surface area contributed by atoms with Crippen LogP contribution in [0.2, 0.25) is 0 Å². The van der Waals surface area contributed by atoms with Gasteiger partial charge in [0.1, 0.15) is 12.6 Å². The van der Waals surface area contributed by atoms with Gasteiger partial charge < -0.3 is 20.1 Å². The number of alkyl carbamates (subject to hydrolysis) is 1. The highest BCUT2D eigenvalue weighted by atomic mass is 16.5. The summed E-state index contributed by atoms with van der Waals surface area (Å²) in [6.45, 7) is 7.86. The molecule has 0 radical (unpaired) electrons. The maximum atomic E-state index is 13.3. The minimum absolute atomic E-state index is 0.0707. The molecule has 182 valence electrons. The molecule has 2 unspecified atom stereocenters. The van der Waals surface area contributed by atoms with Crippen LogP contribution in [0.15, 0.2) is 48.5 Å². The minimum atomic E-state index is -0.969. The summed E-state index contributed by atoms with van der Waals surface area (Å²) in [5.41, 5.74) is 4.52. The zero-order valence-electron chi connectivity index (χ0n) is 20.3. The van der Waals surface area contributed by atoms with Gasteiger partial charge in [-0.25, -0.2) is 4.79 Å². The maximum Gasteiger partial charge on any atom is 0.407 e. The lowest BCUT2D eigenvalue weighted by atomic mass is 9.97. The molecule has 2 aromatic carbocycles. The zero-order chi connectivity index (χ0) is 24.8. The smallest absolute Gasteiger partial charge is 0.407 e. The third-order valence-electron chi connectivity index (χ3n) is 6.72. The summed E-state index contributed by atoms with van der Waals surface area (Å²) in [6, 6.07) is 14.9. The summed E-state index contributed by atoms with van der Waals surface area (Å²) in [6.07, 6.45) is -0.134. The van der Waals surface area contributed by atoms with Crippen molar-refractivity contribution in [1.29, 1.82) is 0 Å². The van der Waals surface area contributed by atoms with E-state index in [1.165, 1.54) is 4.90 Å². The van der Waals surface area contributed by atoms with E-state index in [1.54, 1.807) is 13.8 Å². The number of amides is 2. The lowest BCUT2D eigenvalue weighted by Crippen LogP contribution is -2.54. The Hall–Kier alpha value is -3.35. The molecular formula is C27H34N2O5. The number of hydrogen-bond donors (Lipinski definition) is 2. The summed E-state index contributed by atoms with van der Waals surface area (Å²) in [7, 11) is 0. The number of likely N-dealkylation sites (N-methyl/N-ethyl adjacent to an activating group) is 1. The molecule has 0 aliphatic heterocycles. The molecule has 2 N–H and O–H groups in total. The molecule has 1 aliphatic carbocycles. The van der Waals surface area contributed by atoms with E-state index in [1.807, 2.05) is 38.1 Å². The number of carbonyl (C=O) groups excluding carboxylic acids is 2. The van der Waals surface area contributed by atoms with E-state index >= 15 is 0 Å². The number of carboxylic acids is 1. The van der Waals surface area contributed by atoms with Gasteiger partial charge in [-0.1, -0.05) is 68.8 Å². The Labute approximate surface area is 201 Å². The third-order valence-corrected chi connectivity index (χ3v) is 6.72. The summed E-state index contributed by atoms with van der Waals surface area (Å²) in [5.74, 6) is -1.47. The van der Waals surface area contributed by atoms with Gasteiger partial charge in [0.15, 0.2) is 0 Å². The number of benzene rings is 2. The number of ether oxygens (including phenoxy) is 1. The van der Waals surface area contributed by atoms with Crippen LogP contribution in [0.5, 0.6) is 0 Å². The van der Waals surface area contributed by atoms with Crippen LogP contribution in [-0.2, 0) is 14.3 Å². The first-order valence-electron chi connectivity index (χ1n) is 11.9. The molecule has 2 amide bonds. The van der Waals surface area contributed by atoms with Crippen molar-refractivity contribution in [3.8, 4) is 11.1 Å². The van der Waals surface area contributed by atoms with E-state index in [0.29, 0.717) is 13.0 Å². The fourth-order valence-corrected chi connectivity index (χ4v) is 4.68. The number of carbonyl (C=O) groups is 3. The molecule has 3 atom stereocenters. The molecule has 0 saturated carbocycles. The predicted molar refractivity (Wildman–Crippen MR) is 131 cm³/mol. The van der Waals surface area contributed by atoms with Gasteiger partial charge in [-0.2, -0.15) is 0 Å². The van der Waals surface area contributed by atoms with Gasteiger partial charge >= 0.3 is 12.1 Å². The van der Waals surface area contributed by atoms with Crippen molar-refractivity contribution < 1.29 is 24.2 Å². The maximum absolute atomic E-state index is 13.3. The van der Waals surface area contributed by atoms with Crippen LogP contribution < -0.4 is 5.32 Å². The van der Waals surface area contributed by atoms with Crippen LogP contribution in [0.25, 0.3) is 11.1 Å². The van der Waals surface area contributed by atoms with Gasteiger partial charge in [-0.15, -0.1) is 0 Å². The van der Waals surface area contributed by atoms with Crippen LogP contribution >= 0.6 is 0 Å². The fourth-order valence-electron chi connectivity index (χ4n) is 4.68. The van der Waals surface area contributed by atoms with E-state index in [4.69, 9.17) is 9.84 Å². The molecule has 0 spiro atoms. The topological polar surface area (TPSA) is 95.9 Å². The molecule has 0 saturated heterocycles. The molecule has 7 nitrogen and oxygen atoms in total. The fraction of sp³-hybridized carbons (Fsp3) is 0.444. The highest BCUT2D eigenvalue weighted by Gasteiger charge is 2.34. The van der Waals surface area contributed by atoms with E-state index in [0.717, 1.165) is 22.3 Å². The van der Waals surface area contributed by atoms with Crippen molar-refractivity contribution in [2.24, 2.45) is 5.92 Å². The lowest BCUT2D eigenvalue weighted by molar-refractivity contribution is -0.141. The first kappa shape index (κ1) is 25.3. The van der Waals surface area contributed by atoms with Crippen LogP contribution in [0.3, 0.4) is 0 Å². The Morgan fingerprint density at radius 1 is 1.00 bits per heavy atom. The first-order chi connectivity index (χ1) is 16.3. The Bertz CT molecular complexity index is 992. The Balaban J connectivity index is 1.71. The highest BCUT2D eigenvalue weighted by Crippen LogP contribution is 2.44. The van der Waals surface area contributed by atoms with Crippen molar-refractivity contribution in [1.82, 2.24) is 10.2 Å². The average Bonchev–Trinajstić information content (AvgIpc) is 3.14. The SMILES string of the molecule is CCC(C)[C@H](NC(=O)OCC1c2ccccc2-c2ccccc21)C(=O)N(CC)C(C)CC(=O)O. The largest absolute Gasteiger partial charge is 0.481 e. The van der Waals surface area contributed by atoms with Crippen molar-refractivity contribution in [2.75, 3.05) is 13.2 Å². The molecular weight excluding hydrogens is 432 g/mol. The normalized spacial score (nSPS) is 14.9. The number of rotatable bonds is 10. The molecule has 7 heteroatoms. The lowest BCUT2D eigenvalue weighted by Gasteiger charge is -2.33. The van der Waals surface area contributed by atoms with Crippen LogP contribution in [-0.4, -0.2) is 53.2 Å². The van der Waals surface area contributed by atoms with Gasteiger partial charge in [0.2, 0.25) is 5.91 Å². The first-order valence-corrected chi connectivity index (χ1v) is 11.9. The van der Waals surface area contributed by atoms with Crippen molar-refractivity contribution in [3.63, 3.8) is 0 Å². The molecule has 3 rings (SSSR count). The highest BCUT2D eigenvalue weighted by molar-refractivity contribution is 5.86. The van der Waals surface area contributed by atoms with E-state index in [2.05, 4.69) is 29.6 Å². The van der Waals surface area contributed by atoms with Crippen molar-refractivity contribution in [2.45, 2.75) is 58.5 Å². The molecule has 0 heterocycles.